The first kappa shape index (κ1) is 18.9. The summed E-state index contributed by atoms with van der Waals surface area (Å²) in [6, 6.07) is 8.38. The molecular formula is C21H21ClN2O4. The van der Waals surface area contributed by atoms with Crippen LogP contribution in [0.25, 0.3) is 10.9 Å². The van der Waals surface area contributed by atoms with E-state index in [0.717, 1.165) is 28.6 Å². The quantitative estimate of drug-likeness (QED) is 0.446. The van der Waals surface area contributed by atoms with Gasteiger partial charge in [-0.05, 0) is 31.9 Å². The fourth-order valence-electron chi connectivity index (χ4n) is 4.18. The number of likely N-dealkylation sites (tertiary alicyclic amines) is 1. The Hall–Kier alpha value is -2.47. The van der Waals surface area contributed by atoms with Crippen LogP contribution in [0.5, 0.6) is 0 Å². The monoisotopic (exact) mass is 400 g/mol. The van der Waals surface area contributed by atoms with Crippen molar-refractivity contribution in [3.8, 4) is 0 Å². The molecule has 2 fully saturated rings. The number of benzene rings is 1. The zero-order valence-corrected chi connectivity index (χ0v) is 16.3. The van der Waals surface area contributed by atoms with Crippen LogP contribution in [-0.4, -0.2) is 33.7 Å². The van der Waals surface area contributed by atoms with E-state index in [1.807, 2.05) is 30.3 Å². The van der Waals surface area contributed by atoms with Crippen molar-refractivity contribution in [2.45, 2.75) is 45.3 Å². The van der Waals surface area contributed by atoms with Gasteiger partial charge in [-0.25, -0.2) is 9.78 Å². The number of carbonyl (C=O) groups excluding carboxylic acids is 3. The van der Waals surface area contributed by atoms with Crippen LogP contribution in [0.2, 0.25) is 5.15 Å². The lowest BCUT2D eigenvalue weighted by Gasteiger charge is -2.21. The Bertz CT molecular complexity index is 937. The second-order valence-corrected chi connectivity index (χ2v) is 7.82. The van der Waals surface area contributed by atoms with E-state index in [2.05, 4.69) is 4.98 Å². The summed E-state index contributed by atoms with van der Waals surface area (Å²) in [5.74, 6) is -1.68. The molecule has 146 valence electrons. The second kappa shape index (κ2) is 7.51. The van der Waals surface area contributed by atoms with Gasteiger partial charge in [0.05, 0.1) is 17.4 Å². The largest absolute Gasteiger partial charge is 0.459 e. The molecule has 0 spiro atoms. The number of hydrogen-bond acceptors (Lipinski definition) is 5. The molecule has 1 aromatic heterocycles. The molecule has 1 saturated carbocycles. The predicted octanol–water partition coefficient (Wildman–Crippen LogP) is 3.50. The van der Waals surface area contributed by atoms with Gasteiger partial charge in [0.15, 0.2) is 0 Å². The van der Waals surface area contributed by atoms with E-state index in [1.54, 1.807) is 0 Å². The van der Waals surface area contributed by atoms with Crippen LogP contribution in [0.3, 0.4) is 0 Å². The number of rotatable bonds is 4. The highest BCUT2D eigenvalue weighted by atomic mass is 35.5. The Labute approximate surface area is 167 Å². The van der Waals surface area contributed by atoms with Crippen molar-refractivity contribution in [2.75, 3.05) is 0 Å². The Balaban J connectivity index is 1.46. The summed E-state index contributed by atoms with van der Waals surface area (Å²) in [6.45, 7) is 1.47. The van der Waals surface area contributed by atoms with E-state index in [4.69, 9.17) is 16.3 Å². The number of imide groups is 1. The number of pyridine rings is 1. The molecule has 0 radical (unpaired) electrons. The molecule has 28 heavy (non-hydrogen) atoms. The van der Waals surface area contributed by atoms with E-state index in [9.17, 15) is 14.4 Å². The lowest BCUT2D eigenvalue weighted by molar-refractivity contribution is -0.159. The van der Waals surface area contributed by atoms with E-state index >= 15 is 0 Å². The lowest BCUT2D eigenvalue weighted by atomic mass is 9.81. The summed E-state index contributed by atoms with van der Waals surface area (Å²) < 4.78 is 5.37. The van der Waals surface area contributed by atoms with Crippen molar-refractivity contribution >= 4 is 40.3 Å². The number of carbonyl (C=O) groups is 3. The van der Waals surface area contributed by atoms with Gasteiger partial charge in [-0.15, -0.1) is 0 Å². The number of halogens is 1. The first-order valence-electron chi connectivity index (χ1n) is 9.55. The third-order valence-corrected chi connectivity index (χ3v) is 6.05. The summed E-state index contributed by atoms with van der Waals surface area (Å²) in [5.41, 5.74) is 1.33. The van der Waals surface area contributed by atoms with Gasteiger partial charge in [-0.3, -0.25) is 14.5 Å². The van der Waals surface area contributed by atoms with E-state index < -0.39 is 12.0 Å². The highest BCUT2D eigenvalue weighted by Crippen LogP contribution is 2.39. The summed E-state index contributed by atoms with van der Waals surface area (Å²) in [5, 5.41) is 1.15. The normalized spacial score (nSPS) is 23.0. The fourth-order valence-corrected chi connectivity index (χ4v) is 4.38. The molecule has 2 aromatic rings. The maximum atomic E-state index is 12.6. The first-order valence-corrected chi connectivity index (χ1v) is 9.93. The van der Waals surface area contributed by atoms with Gasteiger partial charge < -0.3 is 4.74 Å². The molecule has 2 amide bonds. The molecule has 1 aliphatic carbocycles. The van der Waals surface area contributed by atoms with Crippen molar-refractivity contribution in [3.63, 3.8) is 0 Å². The zero-order chi connectivity index (χ0) is 19.8. The van der Waals surface area contributed by atoms with E-state index in [1.165, 1.54) is 6.92 Å². The highest BCUT2D eigenvalue weighted by molar-refractivity contribution is 6.30. The number of para-hydroxylation sites is 1. The minimum absolute atomic E-state index is 0.0665. The Kier molecular flexibility index (Phi) is 5.06. The molecule has 7 heteroatoms. The topological polar surface area (TPSA) is 76.6 Å². The Morgan fingerprint density at radius 3 is 2.54 bits per heavy atom. The lowest BCUT2D eigenvalue weighted by Crippen LogP contribution is -2.44. The fraction of sp³-hybridized carbons (Fsp3) is 0.429. The molecule has 6 nitrogen and oxygen atoms in total. The summed E-state index contributed by atoms with van der Waals surface area (Å²) >= 11 is 6.20. The number of fused-ring (bicyclic) bond motifs is 2. The van der Waals surface area contributed by atoms with E-state index in [-0.39, 0.29) is 35.4 Å². The highest BCUT2D eigenvalue weighted by Gasteiger charge is 2.51. The first-order chi connectivity index (χ1) is 13.5. The molecule has 2 aliphatic rings. The average molecular weight is 401 g/mol. The molecule has 2 heterocycles. The number of nitrogens with zero attached hydrogens (tertiary/aromatic N) is 2. The minimum Gasteiger partial charge on any atom is -0.459 e. The number of hydrogen-bond donors (Lipinski definition) is 0. The number of ether oxygens (including phenoxy) is 1. The molecule has 4 rings (SSSR count). The van der Waals surface area contributed by atoms with Crippen LogP contribution in [0.15, 0.2) is 30.3 Å². The second-order valence-electron chi connectivity index (χ2n) is 7.46. The van der Waals surface area contributed by atoms with Gasteiger partial charge in [-0.1, -0.05) is 42.6 Å². The summed E-state index contributed by atoms with van der Waals surface area (Å²) in [7, 11) is 0. The van der Waals surface area contributed by atoms with Crippen LogP contribution in [0.4, 0.5) is 0 Å². The number of aromatic nitrogens is 1. The van der Waals surface area contributed by atoms with Gasteiger partial charge >= 0.3 is 5.97 Å². The molecule has 1 saturated heterocycles. The van der Waals surface area contributed by atoms with Gasteiger partial charge in [0.25, 0.3) is 0 Å². The summed E-state index contributed by atoms with van der Waals surface area (Å²) in [4.78, 5) is 43.2. The Morgan fingerprint density at radius 2 is 1.86 bits per heavy atom. The van der Waals surface area contributed by atoms with Gasteiger partial charge in [0.2, 0.25) is 11.8 Å². The Morgan fingerprint density at radius 1 is 1.21 bits per heavy atom. The van der Waals surface area contributed by atoms with E-state index in [0.29, 0.717) is 18.4 Å². The van der Waals surface area contributed by atoms with Crippen molar-refractivity contribution < 1.29 is 19.1 Å². The average Bonchev–Trinajstić information content (AvgIpc) is 2.96. The van der Waals surface area contributed by atoms with Crippen molar-refractivity contribution in [3.05, 3.63) is 41.0 Å². The molecule has 3 atom stereocenters. The zero-order valence-electron chi connectivity index (χ0n) is 15.6. The number of esters is 1. The van der Waals surface area contributed by atoms with Crippen LogP contribution >= 0.6 is 11.6 Å². The van der Waals surface area contributed by atoms with Crippen LogP contribution in [-0.2, 0) is 25.7 Å². The van der Waals surface area contributed by atoms with Gasteiger partial charge in [0, 0.05) is 10.9 Å². The molecule has 1 aromatic carbocycles. The maximum Gasteiger partial charge on any atom is 0.329 e. The van der Waals surface area contributed by atoms with Gasteiger partial charge in [-0.2, -0.15) is 0 Å². The maximum absolute atomic E-state index is 12.6. The van der Waals surface area contributed by atoms with Crippen LogP contribution in [0, 0.1) is 11.8 Å². The summed E-state index contributed by atoms with van der Waals surface area (Å²) in [6.07, 6.45) is 3.32. The minimum atomic E-state index is -0.946. The standard InChI is InChI=1S/C21H21ClN2O4/c1-12(24-19(25)15-7-3-4-8-16(15)20(24)26)21(27)28-11-14-10-13-6-2-5-9-17(13)23-18(14)22/h2,5-6,9-10,12,15-16H,3-4,7-8,11H2,1H3/t12-,15+,16+/m0/s1. The van der Waals surface area contributed by atoms with Crippen molar-refractivity contribution in [1.29, 1.82) is 0 Å². The number of amides is 2. The van der Waals surface area contributed by atoms with Crippen molar-refractivity contribution in [2.24, 2.45) is 11.8 Å². The molecule has 0 unspecified atom stereocenters. The molecule has 1 aliphatic heterocycles. The smallest absolute Gasteiger partial charge is 0.329 e. The third kappa shape index (κ3) is 3.26. The molecule has 0 bridgehead atoms. The SMILES string of the molecule is C[C@@H](C(=O)OCc1cc2ccccc2nc1Cl)N1C(=O)[C@@H]2CCCC[C@H]2C1=O. The van der Waals surface area contributed by atoms with Crippen LogP contribution < -0.4 is 0 Å². The van der Waals surface area contributed by atoms with Gasteiger partial charge in [0.1, 0.15) is 17.8 Å². The molecular weight excluding hydrogens is 380 g/mol. The molecule has 0 N–H and O–H groups in total. The van der Waals surface area contributed by atoms with Crippen LogP contribution in [0.1, 0.15) is 38.2 Å². The predicted molar refractivity (Wildman–Crippen MR) is 103 cm³/mol. The van der Waals surface area contributed by atoms with Crippen molar-refractivity contribution in [1.82, 2.24) is 9.88 Å². The third-order valence-electron chi connectivity index (χ3n) is 5.72.